The number of benzene rings is 3. The standard InChI is InChI=1S/C30H29FN6O2S/c1-3-13-36-32-17-28(34-36)40(38,39)35-18-26-29(21-7-5-4-6-8-21)30(26,19-35)25-15-22-16-33-37(27(22)14-20(25)2)24-11-9-23(31)10-12-24/h4-12,14-17,26,29H,3,13,18-19H2,1-2H3/t26-,29-,30+/m0/s1. The molecule has 0 spiro atoms. The minimum absolute atomic E-state index is 0.00130. The zero-order chi connectivity index (χ0) is 27.6. The Morgan fingerprint density at radius 1 is 1.02 bits per heavy atom. The number of aromatic nitrogens is 5. The van der Waals surface area contributed by atoms with E-state index in [1.54, 1.807) is 16.4 Å². The third kappa shape index (κ3) is 3.73. The first-order valence-electron chi connectivity index (χ1n) is 13.5. The second-order valence-corrected chi connectivity index (χ2v) is 12.8. The topological polar surface area (TPSA) is 85.9 Å². The molecule has 1 saturated carbocycles. The van der Waals surface area contributed by atoms with Crippen molar-refractivity contribution in [1.82, 2.24) is 29.1 Å². The maximum Gasteiger partial charge on any atom is 0.264 e. The molecule has 1 saturated heterocycles. The van der Waals surface area contributed by atoms with E-state index in [-0.39, 0.29) is 28.1 Å². The third-order valence-corrected chi connectivity index (χ3v) is 10.2. The fourth-order valence-electron chi connectivity index (χ4n) is 6.71. The predicted molar refractivity (Wildman–Crippen MR) is 149 cm³/mol. The number of aryl methyl sites for hydroxylation is 2. The van der Waals surface area contributed by atoms with Crippen molar-refractivity contribution in [3.8, 4) is 5.69 Å². The van der Waals surface area contributed by atoms with Gasteiger partial charge in [0.2, 0.25) is 5.03 Å². The number of halogens is 1. The van der Waals surface area contributed by atoms with Crippen LogP contribution in [0.1, 0.15) is 36.0 Å². The summed E-state index contributed by atoms with van der Waals surface area (Å²) in [6, 6.07) is 20.9. The summed E-state index contributed by atoms with van der Waals surface area (Å²) in [7, 11) is -3.79. The number of fused-ring (bicyclic) bond motifs is 2. The Balaban J connectivity index is 1.30. The molecule has 3 heterocycles. The van der Waals surface area contributed by atoms with Crippen molar-refractivity contribution in [2.45, 2.75) is 43.2 Å². The van der Waals surface area contributed by atoms with Gasteiger partial charge in [-0.1, -0.05) is 37.3 Å². The van der Waals surface area contributed by atoms with Crippen LogP contribution in [0.25, 0.3) is 16.6 Å². The smallest absolute Gasteiger partial charge is 0.233 e. The van der Waals surface area contributed by atoms with Crippen molar-refractivity contribution >= 4 is 20.9 Å². The molecule has 0 N–H and O–H groups in total. The van der Waals surface area contributed by atoms with Crippen molar-refractivity contribution in [3.05, 3.63) is 102 Å². The van der Waals surface area contributed by atoms with E-state index in [1.165, 1.54) is 28.7 Å². The highest BCUT2D eigenvalue weighted by atomic mass is 32.2. The molecule has 0 unspecified atom stereocenters. The minimum Gasteiger partial charge on any atom is -0.233 e. The van der Waals surface area contributed by atoms with Gasteiger partial charge in [-0.2, -0.15) is 19.3 Å². The molecule has 204 valence electrons. The lowest BCUT2D eigenvalue weighted by molar-refractivity contribution is 0.417. The Morgan fingerprint density at radius 3 is 2.55 bits per heavy atom. The van der Waals surface area contributed by atoms with E-state index in [9.17, 15) is 12.8 Å². The van der Waals surface area contributed by atoms with Gasteiger partial charge in [0.15, 0.2) is 0 Å². The summed E-state index contributed by atoms with van der Waals surface area (Å²) in [5, 5.41) is 14.0. The molecule has 40 heavy (non-hydrogen) atoms. The molecule has 2 aromatic heterocycles. The summed E-state index contributed by atoms with van der Waals surface area (Å²) in [5.74, 6) is 0.0519. The van der Waals surface area contributed by atoms with Crippen LogP contribution in [0.3, 0.4) is 0 Å². The molecule has 5 aromatic rings. The molecular formula is C30H29FN6O2S. The lowest BCUT2D eigenvalue weighted by atomic mass is 9.87. The van der Waals surface area contributed by atoms with E-state index in [0.29, 0.717) is 19.6 Å². The Hall–Kier alpha value is -3.89. The van der Waals surface area contributed by atoms with Gasteiger partial charge in [-0.25, -0.2) is 17.5 Å². The van der Waals surface area contributed by atoms with Gasteiger partial charge in [-0.3, -0.25) is 0 Å². The molecule has 3 atom stereocenters. The molecule has 8 nitrogen and oxygen atoms in total. The van der Waals surface area contributed by atoms with E-state index in [2.05, 4.69) is 46.5 Å². The molecule has 1 aliphatic heterocycles. The number of hydrogen-bond donors (Lipinski definition) is 0. The van der Waals surface area contributed by atoms with Crippen LogP contribution in [-0.4, -0.2) is 50.6 Å². The van der Waals surface area contributed by atoms with Crippen LogP contribution in [0.5, 0.6) is 0 Å². The van der Waals surface area contributed by atoms with Gasteiger partial charge >= 0.3 is 0 Å². The van der Waals surface area contributed by atoms with Gasteiger partial charge in [0.1, 0.15) is 5.82 Å². The molecule has 2 aliphatic rings. The quantitative estimate of drug-likeness (QED) is 0.287. The third-order valence-electron chi connectivity index (χ3n) is 8.54. The van der Waals surface area contributed by atoms with Crippen LogP contribution in [0.2, 0.25) is 0 Å². The van der Waals surface area contributed by atoms with E-state index in [4.69, 9.17) is 0 Å². The molecular weight excluding hydrogens is 527 g/mol. The average Bonchev–Trinajstić information content (AvgIpc) is 3.40. The minimum atomic E-state index is -3.79. The maximum atomic E-state index is 13.7. The number of rotatable bonds is 7. The molecule has 0 bridgehead atoms. The fraction of sp³-hybridized carbons (Fsp3) is 0.300. The van der Waals surface area contributed by atoms with E-state index >= 15 is 0 Å². The second-order valence-electron chi connectivity index (χ2n) is 10.9. The highest BCUT2D eigenvalue weighted by Crippen LogP contribution is 2.70. The van der Waals surface area contributed by atoms with Gasteiger partial charge < -0.3 is 0 Å². The van der Waals surface area contributed by atoms with Crippen molar-refractivity contribution < 1.29 is 12.8 Å². The second kappa shape index (κ2) is 9.07. The van der Waals surface area contributed by atoms with Gasteiger partial charge in [-0.15, -0.1) is 5.10 Å². The highest BCUT2D eigenvalue weighted by molar-refractivity contribution is 7.89. The van der Waals surface area contributed by atoms with Crippen molar-refractivity contribution in [1.29, 1.82) is 0 Å². The molecule has 3 aromatic carbocycles. The summed E-state index contributed by atoms with van der Waals surface area (Å²) < 4.78 is 44.3. The summed E-state index contributed by atoms with van der Waals surface area (Å²) >= 11 is 0. The molecule has 0 amide bonds. The summed E-state index contributed by atoms with van der Waals surface area (Å²) in [6.07, 6.45) is 4.00. The van der Waals surface area contributed by atoms with Crippen LogP contribution in [-0.2, 0) is 22.0 Å². The zero-order valence-electron chi connectivity index (χ0n) is 22.3. The lowest BCUT2D eigenvalue weighted by Crippen LogP contribution is -2.35. The Kier molecular flexibility index (Phi) is 5.69. The van der Waals surface area contributed by atoms with Gasteiger partial charge in [-0.05, 0) is 72.4 Å². The number of sulfonamides is 1. The predicted octanol–water partition coefficient (Wildman–Crippen LogP) is 4.83. The largest absolute Gasteiger partial charge is 0.264 e. The van der Waals surface area contributed by atoms with Crippen molar-refractivity contribution in [2.75, 3.05) is 13.1 Å². The van der Waals surface area contributed by atoms with Gasteiger partial charge in [0.25, 0.3) is 10.0 Å². The Bertz CT molecular complexity index is 1830. The van der Waals surface area contributed by atoms with E-state index < -0.39 is 10.0 Å². The summed E-state index contributed by atoms with van der Waals surface area (Å²) in [6.45, 7) is 5.45. The monoisotopic (exact) mass is 556 g/mol. The number of piperidine rings is 1. The normalized spacial score (nSPS) is 22.6. The fourth-order valence-corrected chi connectivity index (χ4v) is 8.09. The molecule has 1 aliphatic carbocycles. The lowest BCUT2D eigenvalue weighted by Gasteiger charge is -2.24. The molecule has 2 fully saturated rings. The van der Waals surface area contributed by atoms with Crippen LogP contribution >= 0.6 is 0 Å². The molecule has 7 rings (SSSR count). The SMILES string of the molecule is CCCn1ncc(S(=O)(=O)N2C[C@H]3[C@H](c4ccccc4)[C@@]3(c3cc4cnn(-c5ccc(F)cc5)c4cc3C)C2)n1. The molecule has 10 heteroatoms. The number of nitrogens with zero attached hydrogens (tertiary/aromatic N) is 6. The molecule has 0 radical (unpaired) electrons. The summed E-state index contributed by atoms with van der Waals surface area (Å²) in [5.41, 5.74) is 4.79. The highest BCUT2D eigenvalue weighted by Gasteiger charge is 2.71. The zero-order valence-corrected chi connectivity index (χ0v) is 23.1. The van der Waals surface area contributed by atoms with Crippen LogP contribution in [0.4, 0.5) is 4.39 Å². The first-order chi connectivity index (χ1) is 19.3. The van der Waals surface area contributed by atoms with Gasteiger partial charge in [0, 0.05) is 29.8 Å². The maximum absolute atomic E-state index is 13.7. The Labute approximate surface area is 232 Å². The summed E-state index contributed by atoms with van der Waals surface area (Å²) in [4.78, 5) is 1.45. The van der Waals surface area contributed by atoms with Crippen LogP contribution in [0.15, 0.2) is 84.1 Å². The first kappa shape index (κ1) is 25.1. The van der Waals surface area contributed by atoms with Gasteiger partial charge in [0.05, 0.1) is 30.1 Å². The van der Waals surface area contributed by atoms with Crippen molar-refractivity contribution in [2.24, 2.45) is 5.92 Å². The van der Waals surface area contributed by atoms with E-state index in [0.717, 1.165) is 34.1 Å². The average molecular weight is 557 g/mol. The Morgan fingerprint density at radius 2 is 1.80 bits per heavy atom. The van der Waals surface area contributed by atoms with Crippen LogP contribution < -0.4 is 0 Å². The number of hydrogen-bond acceptors (Lipinski definition) is 5. The first-order valence-corrected chi connectivity index (χ1v) is 15.0. The van der Waals surface area contributed by atoms with Crippen molar-refractivity contribution in [3.63, 3.8) is 0 Å². The van der Waals surface area contributed by atoms with E-state index in [1.807, 2.05) is 36.0 Å². The van der Waals surface area contributed by atoms with Crippen LogP contribution in [0, 0.1) is 18.7 Å².